The number of rotatable bonds is 4. The molecular weight excluding hydrogens is 214 g/mol. The van der Waals surface area contributed by atoms with Crippen LogP contribution in [0, 0.1) is 0 Å². The Morgan fingerprint density at radius 2 is 1.82 bits per heavy atom. The lowest BCUT2D eigenvalue weighted by Crippen LogP contribution is -2.35. The van der Waals surface area contributed by atoms with Crippen LogP contribution in [0.1, 0.15) is 37.0 Å². The quantitative estimate of drug-likeness (QED) is 0.785. The zero-order valence-corrected chi connectivity index (χ0v) is 10.7. The maximum absolute atomic E-state index is 12.2. The summed E-state index contributed by atoms with van der Waals surface area (Å²) in [4.78, 5) is 13.9. The van der Waals surface area contributed by atoms with Crippen LogP contribution in [0.5, 0.6) is 0 Å². The second-order valence-electron chi connectivity index (χ2n) is 4.44. The minimum atomic E-state index is -0.0371. The molecule has 1 aromatic rings. The van der Waals surface area contributed by atoms with Crippen LogP contribution in [-0.4, -0.2) is 23.9 Å². The molecule has 0 fully saturated rings. The van der Waals surface area contributed by atoms with Crippen molar-refractivity contribution in [3.8, 4) is 0 Å². The maximum Gasteiger partial charge on any atom is 0.253 e. The van der Waals surface area contributed by atoms with E-state index in [-0.39, 0.29) is 11.9 Å². The standard InChI is InChI=1S/C13H21N3O/c1-4-5-9(2)16(3)13(17)10-6-11(14)8-12(15)7-10/h6-9H,4-5,14-15H2,1-3H3. The number of carbonyl (C=O) groups is 1. The number of nitrogens with two attached hydrogens (primary N) is 2. The number of nitrogens with zero attached hydrogens (tertiary/aromatic N) is 1. The van der Waals surface area contributed by atoms with Crippen LogP contribution in [0.3, 0.4) is 0 Å². The number of benzene rings is 1. The zero-order valence-electron chi connectivity index (χ0n) is 10.7. The fraction of sp³-hybridized carbons (Fsp3) is 0.462. The lowest BCUT2D eigenvalue weighted by molar-refractivity contribution is 0.0737. The van der Waals surface area contributed by atoms with Gasteiger partial charge in [-0.15, -0.1) is 0 Å². The molecule has 1 aromatic carbocycles. The smallest absolute Gasteiger partial charge is 0.253 e. The van der Waals surface area contributed by atoms with E-state index < -0.39 is 0 Å². The summed E-state index contributed by atoms with van der Waals surface area (Å²) in [5.74, 6) is -0.0371. The lowest BCUT2D eigenvalue weighted by atomic mass is 10.1. The van der Waals surface area contributed by atoms with E-state index in [0.717, 1.165) is 12.8 Å². The Hall–Kier alpha value is -1.71. The molecule has 4 N–H and O–H groups in total. The van der Waals surface area contributed by atoms with Crippen molar-refractivity contribution >= 4 is 17.3 Å². The summed E-state index contributed by atoms with van der Waals surface area (Å²) in [6, 6.07) is 5.18. The first-order valence-electron chi connectivity index (χ1n) is 5.89. The van der Waals surface area contributed by atoms with Gasteiger partial charge < -0.3 is 16.4 Å². The number of carbonyl (C=O) groups excluding carboxylic acids is 1. The van der Waals surface area contributed by atoms with Crippen LogP contribution in [0.25, 0.3) is 0 Å². The lowest BCUT2D eigenvalue weighted by Gasteiger charge is -2.25. The summed E-state index contributed by atoms with van der Waals surface area (Å²) in [5, 5.41) is 0. The molecule has 0 radical (unpaired) electrons. The van der Waals surface area contributed by atoms with E-state index in [0.29, 0.717) is 16.9 Å². The van der Waals surface area contributed by atoms with Crippen LogP contribution >= 0.6 is 0 Å². The first-order valence-corrected chi connectivity index (χ1v) is 5.89. The van der Waals surface area contributed by atoms with Gasteiger partial charge in [-0.3, -0.25) is 4.79 Å². The summed E-state index contributed by atoms with van der Waals surface area (Å²) >= 11 is 0. The second-order valence-corrected chi connectivity index (χ2v) is 4.44. The first kappa shape index (κ1) is 13.4. The van der Waals surface area contributed by atoms with Gasteiger partial charge in [0.05, 0.1) is 0 Å². The van der Waals surface area contributed by atoms with E-state index in [4.69, 9.17) is 11.5 Å². The Morgan fingerprint density at radius 3 is 2.29 bits per heavy atom. The normalized spacial score (nSPS) is 12.2. The van der Waals surface area contributed by atoms with Crippen LogP contribution in [-0.2, 0) is 0 Å². The van der Waals surface area contributed by atoms with Gasteiger partial charge in [-0.1, -0.05) is 13.3 Å². The van der Waals surface area contributed by atoms with Gasteiger partial charge >= 0.3 is 0 Å². The molecule has 1 unspecified atom stereocenters. The Kier molecular flexibility index (Phi) is 4.37. The minimum absolute atomic E-state index is 0.0371. The zero-order chi connectivity index (χ0) is 13.0. The predicted octanol–water partition coefficient (Wildman–Crippen LogP) is 2.11. The highest BCUT2D eigenvalue weighted by atomic mass is 16.2. The van der Waals surface area contributed by atoms with E-state index in [1.54, 1.807) is 23.1 Å². The van der Waals surface area contributed by atoms with Gasteiger partial charge in [-0.2, -0.15) is 0 Å². The topological polar surface area (TPSA) is 72.3 Å². The molecule has 0 heterocycles. The summed E-state index contributed by atoms with van der Waals surface area (Å²) in [7, 11) is 1.81. The molecule has 17 heavy (non-hydrogen) atoms. The van der Waals surface area contributed by atoms with Gasteiger partial charge in [-0.05, 0) is 31.5 Å². The third-order valence-corrected chi connectivity index (χ3v) is 2.91. The Bertz CT molecular complexity index is 383. The van der Waals surface area contributed by atoms with E-state index in [2.05, 4.69) is 6.92 Å². The molecule has 1 rings (SSSR count). The van der Waals surface area contributed by atoms with Crippen LogP contribution in [0.4, 0.5) is 11.4 Å². The van der Waals surface area contributed by atoms with Gasteiger partial charge in [0, 0.05) is 30.0 Å². The van der Waals surface area contributed by atoms with Crippen molar-refractivity contribution in [2.24, 2.45) is 0 Å². The minimum Gasteiger partial charge on any atom is -0.399 e. The van der Waals surface area contributed by atoms with Crippen LogP contribution in [0.15, 0.2) is 18.2 Å². The number of hydrogen-bond acceptors (Lipinski definition) is 3. The van der Waals surface area contributed by atoms with E-state index >= 15 is 0 Å². The Morgan fingerprint density at radius 1 is 1.29 bits per heavy atom. The van der Waals surface area contributed by atoms with Gasteiger partial charge in [-0.25, -0.2) is 0 Å². The number of hydrogen-bond donors (Lipinski definition) is 2. The molecule has 0 spiro atoms. The highest BCUT2D eigenvalue weighted by Gasteiger charge is 2.17. The van der Waals surface area contributed by atoms with Crippen molar-refractivity contribution in [2.45, 2.75) is 32.7 Å². The summed E-state index contributed by atoms with van der Waals surface area (Å²) < 4.78 is 0. The summed E-state index contributed by atoms with van der Waals surface area (Å²) in [5.41, 5.74) is 12.9. The number of nitrogen functional groups attached to an aromatic ring is 2. The highest BCUT2D eigenvalue weighted by Crippen LogP contribution is 2.16. The van der Waals surface area contributed by atoms with Crippen molar-refractivity contribution in [1.82, 2.24) is 4.90 Å². The van der Waals surface area contributed by atoms with E-state index in [9.17, 15) is 4.79 Å². The number of anilines is 2. The SMILES string of the molecule is CCCC(C)N(C)C(=O)c1cc(N)cc(N)c1. The molecule has 0 aliphatic carbocycles. The molecule has 4 nitrogen and oxygen atoms in total. The second kappa shape index (κ2) is 5.57. The van der Waals surface area contributed by atoms with Crippen LogP contribution < -0.4 is 11.5 Å². The molecule has 0 bridgehead atoms. The molecule has 0 aliphatic rings. The van der Waals surface area contributed by atoms with E-state index in [1.807, 2.05) is 14.0 Å². The third kappa shape index (κ3) is 3.37. The largest absolute Gasteiger partial charge is 0.399 e. The highest BCUT2D eigenvalue weighted by molar-refractivity contribution is 5.96. The molecule has 1 atom stereocenters. The van der Waals surface area contributed by atoms with E-state index in [1.165, 1.54) is 0 Å². The predicted molar refractivity (Wildman–Crippen MR) is 71.7 cm³/mol. The molecule has 1 amide bonds. The molecule has 0 aliphatic heterocycles. The molecule has 0 saturated carbocycles. The van der Waals surface area contributed by atoms with Crippen LogP contribution in [0.2, 0.25) is 0 Å². The van der Waals surface area contributed by atoms with Crippen molar-refractivity contribution in [3.63, 3.8) is 0 Å². The van der Waals surface area contributed by atoms with Crippen molar-refractivity contribution in [1.29, 1.82) is 0 Å². The molecule has 4 heteroatoms. The Balaban J connectivity index is 2.88. The van der Waals surface area contributed by atoms with Gasteiger partial charge in [0.15, 0.2) is 0 Å². The van der Waals surface area contributed by atoms with Gasteiger partial charge in [0.25, 0.3) is 5.91 Å². The molecular formula is C13H21N3O. The molecule has 0 aromatic heterocycles. The van der Waals surface area contributed by atoms with Crippen molar-refractivity contribution in [2.75, 3.05) is 18.5 Å². The average molecular weight is 235 g/mol. The van der Waals surface area contributed by atoms with Gasteiger partial charge in [0.1, 0.15) is 0 Å². The van der Waals surface area contributed by atoms with Crippen molar-refractivity contribution < 1.29 is 4.79 Å². The first-order chi connectivity index (χ1) is 7.95. The fourth-order valence-electron chi connectivity index (χ4n) is 1.82. The average Bonchev–Trinajstić information content (AvgIpc) is 2.26. The monoisotopic (exact) mass is 235 g/mol. The van der Waals surface area contributed by atoms with Gasteiger partial charge in [0.2, 0.25) is 0 Å². The Labute approximate surface area is 103 Å². The molecule has 0 saturated heterocycles. The maximum atomic E-state index is 12.2. The third-order valence-electron chi connectivity index (χ3n) is 2.91. The summed E-state index contributed by atoms with van der Waals surface area (Å²) in [6.45, 7) is 4.14. The number of amides is 1. The molecule has 94 valence electrons. The van der Waals surface area contributed by atoms with Crippen molar-refractivity contribution in [3.05, 3.63) is 23.8 Å². The fourth-order valence-corrected chi connectivity index (χ4v) is 1.82. The summed E-state index contributed by atoms with van der Waals surface area (Å²) in [6.07, 6.45) is 2.04.